The minimum absolute atomic E-state index is 0.0168. The number of aromatic amines is 1. The summed E-state index contributed by atoms with van der Waals surface area (Å²) in [6, 6.07) is 0. The topological polar surface area (TPSA) is 65.1 Å². The van der Waals surface area contributed by atoms with Gasteiger partial charge in [0, 0.05) is 30.6 Å². The number of likely N-dealkylation sites (N-methyl/N-ethyl adjacent to an activating group) is 1. The van der Waals surface area contributed by atoms with E-state index in [0.717, 1.165) is 18.9 Å². The molecule has 1 amide bonds. The van der Waals surface area contributed by atoms with E-state index < -0.39 is 0 Å². The molecule has 0 radical (unpaired) electrons. The van der Waals surface area contributed by atoms with Crippen LogP contribution in [0.3, 0.4) is 0 Å². The zero-order valence-corrected chi connectivity index (χ0v) is 13.3. The van der Waals surface area contributed by atoms with Crippen LogP contribution in [0.1, 0.15) is 51.1 Å². The fourth-order valence-corrected chi connectivity index (χ4v) is 2.25. The summed E-state index contributed by atoms with van der Waals surface area (Å²) < 4.78 is 0. The molecule has 20 heavy (non-hydrogen) atoms. The summed E-state index contributed by atoms with van der Waals surface area (Å²) in [5.74, 6) is 0.933. The van der Waals surface area contributed by atoms with Crippen molar-refractivity contribution in [2.75, 3.05) is 26.7 Å². The maximum Gasteiger partial charge on any atom is 0.293 e. The van der Waals surface area contributed by atoms with Crippen LogP contribution in [-0.2, 0) is 5.41 Å². The number of hydrogen-bond acceptors (Lipinski definition) is 4. The van der Waals surface area contributed by atoms with Crippen molar-refractivity contribution in [3.63, 3.8) is 0 Å². The second kappa shape index (κ2) is 4.84. The number of piperazine rings is 1. The number of carbonyl (C=O) groups excluding carboxylic acids is 1. The Bertz CT molecular complexity index is 500. The second-order valence-corrected chi connectivity index (χ2v) is 7.22. The average molecular weight is 279 g/mol. The average Bonchev–Trinajstić information content (AvgIpc) is 2.80. The van der Waals surface area contributed by atoms with E-state index in [4.69, 9.17) is 0 Å². The Morgan fingerprint density at radius 3 is 2.45 bits per heavy atom. The van der Waals surface area contributed by atoms with Crippen LogP contribution in [0.2, 0.25) is 0 Å². The van der Waals surface area contributed by atoms with Crippen LogP contribution in [0.25, 0.3) is 0 Å². The highest BCUT2D eigenvalue weighted by atomic mass is 16.2. The van der Waals surface area contributed by atoms with Gasteiger partial charge in [0.1, 0.15) is 5.82 Å². The van der Waals surface area contributed by atoms with Crippen molar-refractivity contribution in [3.8, 4) is 0 Å². The molecule has 0 aliphatic carbocycles. The largest absolute Gasteiger partial charge is 0.333 e. The lowest BCUT2D eigenvalue weighted by Crippen LogP contribution is -2.59. The molecule has 0 aromatic carbocycles. The van der Waals surface area contributed by atoms with E-state index in [2.05, 4.69) is 41.0 Å². The van der Waals surface area contributed by atoms with Gasteiger partial charge in [-0.2, -0.15) is 0 Å². The summed E-state index contributed by atoms with van der Waals surface area (Å²) in [6.07, 6.45) is 0. The van der Waals surface area contributed by atoms with Crippen LogP contribution >= 0.6 is 0 Å². The molecule has 1 aliphatic heterocycles. The maximum absolute atomic E-state index is 12.5. The van der Waals surface area contributed by atoms with Gasteiger partial charge >= 0.3 is 0 Å². The fourth-order valence-electron chi connectivity index (χ4n) is 2.25. The molecular weight excluding hydrogens is 254 g/mol. The summed E-state index contributed by atoms with van der Waals surface area (Å²) in [5, 5.41) is 6.96. The zero-order chi connectivity index (χ0) is 15.1. The molecule has 1 aromatic heterocycles. The Hall–Kier alpha value is -1.43. The molecule has 2 rings (SSSR count). The van der Waals surface area contributed by atoms with Crippen molar-refractivity contribution in [2.45, 2.75) is 45.6 Å². The highest BCUT2D eigenvalue weighted by molar-refractivity contribution is 5.90. The van der Waals surface area contributed by atoms with Gasteiger partial charge in [-0.3, -0.25) is 14.8 Å². The molecule has 1 saturated heterocycles. The van der Waals surface area contributed by atoms with Gasteiger partial charge in [0.25, 0.3) is 5.91 Å². The quantitative estimate of drug-likeness (QED) is 0.841. The lowest BCUT2D eigenvalue weighted by Gasteiger charge is -2.44. The Morgan fingerprint density at radius 1 is 1.30 bits per heavy atom. The standard InChI is InChI=1S/C14H25N5O/c1-13(2,3)12-15-10(16-17-12)11(20)19-8-7-18(6)14(4,5)9-19/h7-9H2,1-6H3,(H,15,16,17). The highest BCUT2D eigenvalue weighted by Crippen LogP contribution is 2.21. The van der Waals surface area contributed by atoms with Crippen LogP contribution in [-0.4, -0.2) is 63.1 Å². The molecular formula is C14H25N5O. The molecule has 2 heterocycles. The van der Waals surface area contributed by atoms with Crippen molar-refractivity contribution in [3.05, 3.63) is 11.6 Å². The molecule has 1 aromatic rings. The number of amides is 1. The number of nitrogens with one attached hydrogen (secondary N) is 1. The van der Waals surface area contributed by atoms with E-state index in [1.165, 1.54) is 0 Å². The summed E-state index contributed by atoms with van der Waals surface area (Å²) in [4.78, 5) is 21.0. The van der Waals surface area contributed by atoms with Gasteiger partial charge in [0.05, 0.1) is 0 Å². The summed E-state index contributed by atoms with van der Waals surface area (Å²) in [5.41, 5.74) is -0.149. The number of hydrogen-bond donors (Lipinski definition) is 1. The lowest BCUT2D eigenvalue weighted by molar-refractivity contribution is 0.0303. The van der Waals surface area contributed by atoms with Gasteiger partial charge in [0.2, 0.25) is 5.82 Å². The van der Waals surface area contributed by atoms with E-state index >= 15 is 0 Å². The summed E-state index contributed by atoms with van der Waals surface area (Å²) in [7, 11) is 2.09. The molecule has 0 bridgehead atoms. The number of nitrogens with zero attached hydrogens (tertiary/aromatic N) is 4. The molecule has 0 spiro atoms. The molecule has 112 valence electrons. The molecule has 1 fully saturated rings. The first-order valence-electron chi connectivity index (χ1n) is 7.05. The number of carbonyl (C=O) groups is 1. The van der Waals surface area contributed by atoms with Gasteiger partial charge < -0.3 is 4.90 Å². The van der Waals surface area contributed by atoms with Crippen molar-refractivity contribution < 1.29 is 4.79 Å². The third-order valence-electron chi connectivity index (χ3n) is 3.99. The van der Waals surface area contributed by atoms with Crippen LogP contribution in [0.5, 0.6) is 0 Å². The predicted octanol–water partition coefficient (Wildman–Crippen LogP) is 1.27. The van der Waals surface area contributed by atoms with Crippen molar-refractivity contribution in [1.82, 2.24) is 25.0 Å². The highest BCUT2D eigenvalue weighted by Gasteiger charge is 2.35. The molecule has 6 heteroatoms. The lowest BCUT2D eigenvalue weighted by atomic mass is 9.96. The van der Waals surface area contributed by atoms with Crippen molar-refractivity contribution >= 4 is 5.91 Å². The first kappa shape index (κ1) is 15.0. The monoisotopic (exact) mass is 279 g/mol. The van der Waals surface area contributed by atoms with Gasteiger partial charge in [-0.25, -0.2) is 4.98 Å². The van der Waals surface area contributed by atoms with Gasteiger partial charge in [0.15, 0.2) is 0 Å². The molecule has 6 nitrogen and oxygen atoms in total. The molecule has 0 saturated carbocycles. The molecule has 0 unspecified atom stereocenters. The van der Waals surface area contributed by atoms with Gasteiger partial charge in [-0.1, -0.05) is 20.8 Å². The van der Waals surface area contributed by atoms with Crippen LogP contribution in [0, 0.1) is 0 Å². The van der Waals surface area contributed by atoms with Crippen molar-refractivity contribution in [1.29, 1.82) is 0 Å². The smallest absolute Gasteiger partial charge is 0.293 e. The predicted molar refractivity (Wildman–Crippen MR) is 77.7 cm³/mol. The van der Waals surface area contributed by atoms with E-state index in [1.54, 1.807) is 0 Å². The van der Waals surface area contributed by atoms with Crippen LogP contribution in [0.4, 0.5) is 0 Å². The SMILES string of the molecule is CN1CCN(C(=O)c2n[nH]c(C(C)(C)C)n2)CC1(C)C. The van der Waals surface area contributed by atoms with Gasteiger partial charge in [-0.05, 0) is 20.9 Å². The Kier molecular flexibility index (Phi) is 3.62. The van der Waals surface area contributed by atoms with E-state index in [9.17, 15) is 4.79 Å². The van der Waals surface area contributed by atoms with Crippen molar-refractivity contribution in [2.24, 2.45) is 0 Å². The Balaban J connectivity index is 2.14. The summed E-state index contributed by atoms with van der Waals surface area (Å²) in [6.45, 7) is 12.7. The van der Waals surface area contributed by atoms with Crippen LogP contribution < -0.4 is 0 Å². The first-order chi connectivity index (χ1) is 9.11. The number of H-pyrrole nitrogens is 1. The number of rotatable bonds is 1. The summed E-state index contributed by atoms with van der Waals surface area (Å²) >= 11 is 0. The first-order valence-corrected chi connectivity index (χ1v) is 7.05. The zero-order valence-electron chi connectivity index (χ0n) is 13.3. The van der Waals surface area contributed by atoms with Gasteiger partial charge in [-0.15, -0.1) is 5.10 Å². The van der Waals surface area contributed by atoms with E-state index in [0.29, 0.717) is 6.54 Å². The fraction of sp³-hybridized carbons (Fsp3) is 0.786. The second-order valence-electron chi connectivity index (χ2n) is 7.22. The Morgan fingerprint density at radius 2 is 1.95 bits per heavy atom. The van der Waals surface area contributed by atoms with E-state index in [-0.39, 0.29) is 22.7 Å². The number of aromatic nitrogens is 3. The third kappa shape index (κ3) is 2.85. The van der Waals surface area contributed by atoms with E-state index in [1.807, 2.05) is 25.7 Å². The molecule has 1 N–H and O–H groups in total. The minimum atomic E-state index is -0.132. The third-order valence-corrected chi connectivity index (χ3v) is 3.99. The van der Waals surface area contributed by atoms with Crippen LogP contribution in [0.15, 0.2) is 0 Å². The maximum atomic E-state index is 12.5. The molecule has 0 atom stereocenters. The minimum Gasteiger partial charge on any atom is -0.333 e. The Labute approximate surface area is 120 Å². The normalized spacial score (nSPS) is 20.2. The molecule has 1 aliphatic rings.